The van der Waals surface area contributed by atoms with Gasteiger partial charge in [-0.15, -0.1) is 5.19 Å². The molecule has 362 valence electrons. The van der Waals surface area contributed by atoms with Crippen LogP contribution in [0.25, 0.3) is 0 Å². The summed E-state index contributed by atoms with van der Waals surface area (Å²) in [6, 6.07) is 32.0. The van der Waals surface area contributed by atoms with Gasteiger partial charge in [0.25, 0.3) is 0 Å². The van der Waals surface area contributed by atoms with Crippen LogP contribution >= 0.6 is 0 Å². The molecule has 4 aromatic carbocycles. The van der Waals surface area contributed by atoms with Crippen molar-refractivity contribution in [3.05, 3.63) is 112 Å². The summed E-state index contributed by atoms with van der Waals surface area (Å²) in [5.74, 6) is 0. The van der Waals surface area contributed by atoms with E-state index < -0.39 is 8.07 Å². The fourth-order valence-corrected chi connectivity index (χ4v) is 15.6. The van der Waals surface area contributed by atoms with E-state index in [0.717, 1.165) is 0 Å². The maximum atomic E-state index is 2.77. The molecule has 0 spiro atoms. The zero-order valence-corrected chi connectivity index (χ0v) is 47.6. The molecule has 0 aliphatic heterocycles. The summed E-state index contributed by atoms with van der Waals surface area (Å²) in [5, 5.41) is 6.59. The Balaban J connectivity index is 0.0000102. The number of hydrogen-bond acceptors (Lipinski definition) is 0. The third-order valence-electron chi connectivity index (χ3n) is 13.8. The maximum Gasteiger partial charge on any atom is 4.00 e. The van der Waals surface area contributed by atoms with E-state index in [1.54, 1.807) is 54.1 Å². The maximum absolute atomic E-state index is 2.81. The molecule has 0 radical (unpaired) electrons. The van der Waals surface area contributed by atoms with E-state index in [2.05, 4.69) is 121 Å². The summed E-state index contributed by atoms with van der Waals surface area (Å²) >= 11 is 0. The first kappa shape index (κ1) is 63.8. The summed E-state index contributed by atoms with van der Waals surface area (Å²) in [6.07, 6.45) is 38.7. The number of halogens is 3. The van der Waals surface area contributed by atoms with Gasteiger partial charge in [-0.25, -0.2) is 12.1 Å². The average molecular weight is 997 g/mol. The van der Waals surface area contributed by atoms with Gasteiger partial charge in [0.15, 0.2) is 0 Å². The fraction of sp³-hybridized carbons (Fsp3) is 0.617. The largest absolute Gasteiger partial charge is 4.00 e. The molecular weight excluding hydrogens is 903 g/mol. The molecule has 0 saturated carbocycles. The van der Waals surface area contributed by atoms with Crippen LogP contribution in [-0.2, 0) is 60.2 Å². The molecule has 65 heavy (non-hydrogen) atoms. The number of unbranched alkanes of at least 4 members (excludes halogenated alkanes) is 18. The van der Waals surface area contributed by atoms with Crippen LogP contribution in [0.1, 0.15) is 235 Å². The van der Waals surface area contributed by atoms with Crippen LogP contribution in [0.5, 0.6) is 0 Å². The monoisotopic (exact) mass is 995 g/mol. The van der Waals surface area contributed by atoms with E-state index in [9.17, 15) is 0 Å². The second-order valence-electron chi connectivity index (χ2n) is 19.4. The molecule has 0 fully saturated rings. The molecule has 0 aromatic heterocycles. The number of benzene rings is 3. The molecule has 0 heterocycles. The minimum Gasteiger partial charge on any atom is -1.00 e. The van der Waals surface area contributed by atoms with Crippen molar-refractivity contribution in [1.29, 1.82) is 0 Å². The van der Waals surface area contributed by atoms with Crippen molar-refractivity contribution in [2.24, 2.45) is 0 Å². The number of rotatable bonds is 34. The Kier molecular flexibility index (Phi) is 37.0. The molecule has 4 aromatic rings. The summed E-state index contributed by atoms with van der Waals surface area (Å²) in [7, 11) is -2.81. The van der Waals surface area contributed by atoms with E-state index in [1.807, 2.05) is 0 Å². The van der Waals surface area contributed by atoms with Crippen molar-refractivity contribution in [2.75, 3.05) is 0 Å². The van der Waals surface area contributed by atoms with E-state index in [-0.39, 0.29) is 58.9 Å². The van der Waals surface area contributed by atoms with Crippen molar-refractivity contribution in [1.82, 2.24) is 0 Å². The van der Waals surface area contributed by atoms with Crippen molar-refractivity contribution >= 4 is 28.8 Å². The van der Waals surface area contributed by atoms with Crippen molar-refractivity contribution in [2.45, 2.75) is 241 Å². The summed E-state index contributed by atoms with van der Waals surface area (Å²) in [6.45, 7) is 16.5. The smallest absolute Gasteiger partial charge is 1.00 e. The van der Waals surface area contributed by atoms with Crippen LogP contribution in [0.3, 0.4) is 0 Å². The molecule has 0 unspecified atom stereocenters. The quantitative estimate of drug-likeness (QED) is 0.0209. The Morgan fingerprint density at radius 1 is 0.338 bits per heavy atom. The van der Waals surface area contributed by atoms with Crippen molar-refractivity contribution in [3.63, 3.8) is 0 Å². The van der Waals surface area contributed by atoms with Gasteiger partial charge >= 0.3 is 21.7 Å². The van der Waals surface area contributed by atoms with Crippen LogP contribution in [0.2, 0.25) is 0 Å². The van der Waals surface area contributed by atoms with Gasteiger partial charge in [0.2, 0.25) is 0 Å². The van der Waals surface area contributed by atoms with Gasteiger partial charge in [0.05, 0.1) is 0 Å². The van der Waals surface area contributed by atoms with Crippen molar-refractivity contribution < 1.29 is 58.9 Å². The third-order valence-corrected chi connectivity index (χ3v) is 18.6. The van der Waals surface area contributed by atoms with E-state index in [4.69, 9.17) is 0 Å². The minimum absolute atomic E-state index is 0. The average Bonchev–Trinajstić information content (AvgIpc) is 3.70. The van der Waals surface area contributed by atoms with Crippen LogP contribution in [0, 0.1) is 6.92 Å². The van der Waals surface area contributed by atoms with Gasteiger partial charge in [-0.1, -0.05) is 234 Å². The molecule has 0 aliphatic carbocycles. The molecular formula is C60H93Cl3SiTi. The molecule has 4 rings (SSSR count). The molecule has 0 amide bonds. The van der Waals surface area contributed by atoms with Gasteiger partial charge in [0.1, 0.15) is 8.07 Å². The van der Waals surface area contributed by atoms with Crippen LogP contribution < -0.4 is 58.0 Å². The predicted octanol–water partition coefficient (Wildman–Crippen LogP) is 6.84. The zero-order chi connectivity index (χ0) is 43.5. The van der Waals surface area contributed by atoms with E-state index in [1.165, 1.54) is 198 Å². The molecule has 0 saturated heterocycles. The standard InChI is InChI=1S/C60H93Si.3ClH.Ti/c1-8-14-20-26-34-51-41-52(35-27-21-15-9-2)45-57(44-51)61(60-40-32-33-50(60)7,58-46-53(36-28-22-16-10-3)42-54(47-58)37-29-23-17-11-4)59-48-55(38-30-24-18-12-5)43-56(49-59)39-31-25-19-13-6;;;;/h32-33,40-49H,8-31,34-39H2,1-7H3;3*1H;/q-1;;;;+4/p-3. The topological polar surface area (TPSA) is 0 Å². The minimum atomic E-state index is -2.81. The predicted molar refractivity (Wildman–Crippen MR) is 277 cm³/mol. The molecule has 0 atom stereocenters. The normalized spacial score (nSPS) is 11.1. The first-order valence-electron chi connectivity index (χ1n) is 26.6. The molecule has 0 bridgehead atoms. The van der Waals surface area contributed by atoms with Gasteiger partial charge in [-0.2, -0.15) is 11.6 Å². The first-order valence-corrected chi connectivity index (χ1v) is 28.6. The molecule has 0 N–H and O–H groups in total. The van der Waals surface area contributed by atoms with Crippen LogP contribution in [0.15, 0.2) is 72.8 Å². The van der Waals surface area contributed by atoms with Gasteiger partial charge < -0.3 is 37.2 Å². The van der Waals surface area contributed by atoms with Gasteiger partial charge in [0, 0.05) is 0 Å². The summed E-state index contributed by atoms with van der Waals surface area (Å²) < 4.78 is 0. The van der Waals surface area contributed by atoms with Crippen LogP contribution in [-0.4, -0.2) is 8.07 Å². The Labute approximate surface area is 437 Å². The zero-order valence-electron chi connectivity index (χ0n) is 42.8. The molecule has 5 heteroatoms. The molecule has 0 aliphatic rings. The van der Waals surface area contributed by atoms with Gasteiger partial charge in [-0.05, 0) is 110 Å². The Morgan fingerprint density at radius 2 is 0.569 bits per heavy atom. The first-order chi connectivity index (χ1) is 29.9. The fourth-order valence-electron chi connectivity index (χ4n) is 10.2. The van der Waals surface area contributed by atoms with Crippen LogP contribution in [0.4, 0.5) is 0 Å². The third kappa shape index (κ3) is 21.1. The van der Waals surface area contributed by atoms with Crippen molar-refractivity contribution in [3.8, 4) is 0 Å². The summed E-state index contributed by atoms with van der Waals surface area (Å²) in [4.78, 5) is 0. The number of aryl methyl sites for hydroxylation is 7. The summed E-state index contributed by atoms with van der Waals surface area (Å²) in [5.41, 5.74) is 11.0. The Morgan fingerprint density at radius 3 is 0.754 bits per heavy atom. The Bertz CT molecular complexity index is 1510. The van der Waals surface area contributed by atoms with E-state index >= 15 is 0 Å². The second kappa shape index (κ2) is 37.7. The van der Waals surface area contributed by atoms with E-state index in [0.29, 0.717) is 0 Å². The Hall–Kier alpha value is -1.19. The number of hydrogen-bond donors (Lipinski definition) is 0. The second-order valence-corrected chi connectivity index (χ2v) is 23.1. The van der Waals surface area contributed by atoms with Gasteiger partial charge in [-0.3, -0.25) is 0 Å². The molecule has 0 nitrogen and oxygen atoms in total. The SMILES string of the molecule is CCCCCCc1cc(CCCCCC)cc([Si](c2cc(CCCCCC)cc(CCCCCC)c2)(c2cc(CCCCCC)cc(CCCCCC)c2)[c-]2cccc2C)c1.[Cl-].[Cl-].[Cl-].[Ti+4].